The number of carbonyl (C=O) groups excluding carboxylic acids is 1. The van der Waals surface area contributed by atoms with Crippen molar-refractivity contribution in [2.45, 2.75) is 248 Å². The first-order valence-corrected chi connectivity index (χ1v) is 27.5. The number of hydrogen-bond donors (Lipinski definition) is 7. The maximum absolute atomic E-state index is 13.0. The van der Waals surface area contributed by atoms with Crippen LogP contribution in [-0.4, -0.2) is 142 Å². The second-order valence-electron chi connectivity index (χ2n) is 19.0. The first-order chi connectivity index (χ1) is 34.6. The third kappa shape index (κ3) is 31.0. The summed E-state index contributed by atoms with van der Waals surface area (Å²) in [4.78, 5) is 13.0. The monoisotopic (exact) mass is 1010 g/mol. The number of ether oxygens (including phenoxy) is 6. The number of esters is 1. The zero-order valence-electron chi connectivity index (χ0n) is 43.7. The molecule has 2 aliphatic heterocycles. The SMILES string of the molecule is CC/C=C\C/C=C\C/C=C\C/C=C\C/C=C\CCCCCCCCCCCCOCC(COC1OC(COC2OC(CO)C(O)C(O)C2O)C(O)C(O)C1O)OC(=O)CCCCCCC/C=C\CCCC. The van der Waals surface area contributed by atoms with Gasteiger partial charge >= 0.3 is 5.97 Å². The van der Waals surface area contributed by atoms with Gasteiger partial charge in [-0.2, -0.15) is 0 Å². The summed E-state index contributed by atoms with van der Waals surface area (Å²) in [5.74, 6) is -0.391. The lowest BCUT2D eigenvalue weighted by molar-refractivity contribution is -0.332. The van der Waals surface area contributed by atoms with E-state index in [4.69, 9.17) is 28.4 Å². The van der Waals surface area contributed by atoms with Crippen molar-refractivity contribution in [1.29, 1.82) is 0 Å². The molecule has 11 atom stereocenters. The minimum absolute atomic E-state index is 0.0518. The summed E-state index contributed by atoms with van der Waals surface area (Å²) in [6.07, 6.45) is 38.3. The van der Waals surface area contributed by atoms with E-state index in [2.05, 4.69) is 86.8 Å². The Kier molecular flexibility index (Phi) is 39.8. The molecule has 2 saturated heterocycles. The van der Waals surface area contributed by atoms with Gasteiger partial charge in [0.15, 0.2) is 12.6 Å². The van der Waals surface area contributed by atoms with Crippen LogP contribution in [0.25, 0.3) is 0 Å². The van der Waals surface area contributed by atoms with Gasteiger partial charge in [-0.3, -0.25) is 4.79 Å². The minimum Gasteiger partial charge on any atom is -0.457 e. The fourth-order valence-electron chi connectivity index (χ4n) is 8.23. The molecule has 0 aromatic rings. The Morgan fingerprint density at radius 1 is 0.479 bits per heavy atom. The summed E-state index contributed by atoms with van der Waals surface area (Å²) in [5, 5.41) is 72.2. The van der Waals surface area contributed by atoms with Crippen LogP contribution in [0.15, 0.2) is 72.9 Å². The van der Waals surface area contributed by atoms with E-state index in [-0.39, 0.29) is 19.6 Å². The highest BCUT2D eigenvalue weighted by Crippen LogP contribution is 2.26. The van der Waals surface area contributed by atoms with Gasteiger partial charge in [-0.05, 0) is 77.0 Å². The molecule has 0 aromatic carbocycles. The highest BCUT2D eigenvalue weighted by Gasteiger charge is 2.47. The van der Waals surface area contributed by atoms with Gasteiger partial charge in [0.05, 0.1) is 26.4 Å². The van der Waals surface area contributed by atoms with Gasteiger partial charge in [0, 0.05) is 13.0 Å². The standard InChI is InChI=1S/C57H98O14/c1-3-5-7-9-11-13-15-16-17-18-19-20-21-22-23-24-25-26-27-28-29-31-33-35-37-39-41-66-43-46(69-49(59)40-38-36-34-32-30-14-12-10-8-6-4-2)44-67-56-55(65)53(63)51(61)48(71-56)45-68-57-54(64)52(62)50(60)47(42-58)70-57/h5,7,10-13,16-17,19-20,22-23,46-48,50-58,60-65H,3-4,6,8-9,14-15,18,21,24-45H2,1-2H3/b7-5-,12-10-,13-11-,17-16-,20-19-,23-22-. The first kappa shape index (κ1) is 64.5. The van der Waals surface area contributed by atoms with E-state index in [9.17, 15) is 40.5 Å². The number of unbranched alkanes of at least 4 members (excludes halogenated alkanes) is 17. The van der Waals surface area contributed by atoms with Crippen molar-refractivity contribution in [3.8, 4) is 0 Å². The van der Waals surface area contributed by atoms with Crippen LogP contribution in [0.5, 0.6) is 0 Å². The number of hydrogen-bond acceptors (Lipinski definition) is 14. The van der Waals surface area contributed by atoms with Gasteiger partial charge in [-0.1, -0.05) is 170 Å². The maximum atomic E-state index is 13.0. The van der Waals surface area contributed by atoms with Crippen molar-refractivity contribution in [1.82, 2.24) is 0 Å². The van der Waals surface area contributed by atoms with Gasteiger partial charge in [-0.25, -0.2) is 0 Å². The summed E-state index contributed by atoms with van der Waals surface area (Å²) in [6, 6.07) is 0. The molecule has 0 aliphatic carbocycles. The Labute approximate surface area is 427 Å². The molecule has 14 nitrogen and oxygen atoms in total. The molecule has 2 fully saturated rings. The zero-order valence-corrected chi connectivity index (χ0v) is 43.7. The molecule has 14 heteroatoms. The number of carbonyl (C=O) groups is 1. The lowest BCUT2D eigenvalue weighted by Gasteiger charge is -2.42. The van der Waals surface area contributed by atoms with E-state index in [0.29, 0.717) is 13.0 Å². The Balaban J connectivity index is 1.68. The average Bonchev–Trinajstić information content (AvgIpc) is 3.37. The van der Waals surface area contributed by atoms with E-state index in [1.165, 1.54) is 57.8 Å². The third-order valence-electron chi connectivity index (χ3n) is 12.7. The molecule has 71 heavy (non-hydrogen) atoms. The van der Waals surface area contributed by atoms with Crippen LogP contribution >= 0.6 is 0 Å². The van der Waals surface area contributed by atoms with Crippen LogP contribution in [0.2, 0.25) is 0 Å². The predicted octanol–water partition coefficient (Wildman–Crippen LogP) is 9.08. The molecule has 0 amide bonds. The fourth-order valence-corrected chi connectivity index (χ4v) is 8.23. The Morgan fingerprint density at radius 2 is 0.915 bits per heavy atom. The second-order valence-corrected chi connectivity index (χ2v) is 19.0. The minimum atomic E-state index is -1.71. The molecule has 2 rings (SSSR count). The molecule has 0 aromatic heterocycles. The maximum Gasteiger partial charge on any atom is 0.306 e. The van der Waals surface area contributed by atoms with E-state index in [1.807, 2.05) is 0 Å². The van der Waals surface area contributed by atoms with Gasteiger partial charge < -0.3 is 64.2 Å². The van der Waals surface area contributed by atoms with Crippen LogP contribution in [0.4, 0.5) is 0 Å². The van der Waals surface area contributed by atoms with Crippen molar-refractivity contribution < 1.29 is 69.0 Å². The van der Waals surface area contributed by atoms with Crippen molar-refractivity contribution in [2.75, 3.05) is 33.0 Å². The van der Waals surface area contributed by atoms with Gasteiger partial charge in [0.25, 0.3) is 0 Å². The normalized spacial score (nSPS) is 25.9. The van der Waals surface area contributed by atoms with E-state index in [0.717, 1.165) is 96.3 Å². The average molecular weight is 1010 g/mol. The van der Waals surface area contributed by atoms with E-state index < -0.39 is 86.7 Å². The molecule has 410 valence electrons. The van der Waals surface area contributed by atoms with Crippen LogP contribution in [0.3, 0.4) is 0 Å². The Bertz CT molecular complexity index is 1450. The van der Waals surface area contributed by atoms with Crippen LogP contribution < -0.4 is 0 Å². The fraction of sp³-hybridized carbons (Fsp3) is 0.772. The molecule has 11 unspecified atom stereocenters. The molecule has 2 aliphatic rings. The van der Waals surface area contributed by atoms with E-state index in [1.54, 1.807) is 0 Å². The van der Waals surface area contributed by atoms with Crippen molar-refractivity contribution in [3.05, 3.63) is 72.9 Å². The number of rotatable bonds is 43. The molecule has 0 saturated carbocycles. The summed E-state index contributed by atoms with van der Waals surface area (Å²) in [7, 11) is 0. The number of aliphatic hydroxyl groups excluding tert-OH is 7. The lowest BCUT2D eigenvalue weighted by atomic mass is 9.98. The van der Waals surface area contributed by atoms with Crippen molar-refractivity contribution in [3.63, 3.8) is 0 Å². The molecule has 2 heterocycles. The quantitative estimate of drug-likeness (QED) is 0.0173. The molecular weight excluding hydrogens is 909 g/mol. The highest BCUT2D eigenvalue weighted by atomic mass is 16.7. The summed E-state index contributed by atoms with van der Waals surface area (Å²) < 4.78 is 34.3. The summed E-state index contributed by atoms with van der Waals surface area (Å²) in [6.45, 7) is 3.50. The predicted molar refractivity (Wildman–Crippen MR) is 279 cm³/mol. The van der Waals surface area contributed by atoms with Gasteiger partial charge in [0.2, 0.25) is 0 Å². The second kappa shape index (κ2) is 43.8. The van der Waals surface area contributed by atoms with Crippen LogP contribution in [0, 0.1) is 0 Å². The zero-order chi connectivity index (χ0) is 51.6. The van der Waals surface area contributed by atoms with Gasteiger partial charge in [0.1, 0.15) is 54.9 Å². The smallest absolute Gasteiger partial charge is 0.306 e. The highest BCUT2D eigenvalue weighted by molar-refractivity contribution is 5.69. The summed E-state index contributed by atoms with van der Waals surface area (Å²) in [5.41, 5.74) is 0. The topological polar surface area (TPSA) is 214 Å². The number of aliphatic hydroxyl groups is 7. The van der Waals surface area contributed by atoms with Crippen molar-refractivity contribution in [2.24, 2.45) is 0 Å². The first-order valence-electron chi connectivity index (χ1n) is 27.5. The third-order valence-corrected chi connectivity index (χ3v) is 12.7. The Hall–Kier alpha value is -2.57. The number of allylic oxidation sites excluding steroid dienone is 12. The largest absolute Gasteiger partial charge is 0.457 e. The van der Waals surface area contributed by atoms with E-state index >= 15 is 0 Å². The molecule has 0 spiro atoms. The lowest BCUT2D eigenvalue weighted by Crippen LogP contribution is -2.61. The molecule has 0 radical (unpaired) electrons. The molecule has 0 bridgehead atoms. The Morgan fingerprint density at radius 3 is 1.45 bits per heavy atom. The molecule has 7 N–H and O–H groups in total. The molecular formula is C57H98O14. The van der Waals surface area contributed by atoms with Gasteiger partial charge in [-0.15, -0.1) is 0 Å². The summed E-state index contributed by atoms with van der Waals surface area (Å²) >= 11 is 0. The van der Waals surface area contributed by atoms with Crippen molar-refractivity contribution >= 4 is 5.97 Å². The van der Waals surface area contributed by atoms with Crippen LogP contribution in [-0.2, 0) is 33.2 Å². The van der Waals surface area contributed by atoms with Crippen LogP contribution in [0.1, 0.15) is 181 Å².